The lowest BCUT2D eigenvalue weighted by Gasteiger charge is -2.10. The third kappa shape index (κ3) is 3.20. The maximum Gasteiger partial charge on any atom is 0.338 e. The second-order valence-corrected chi connectivity index (χ2v) is 3.97. The molecule has 0 aliphatic heterocycles. The fourth-order valence-corrected chi connectivity index (χ4v) is 1.90. The van der Waals surface area contributed by atoms with E-state index in [9.17, 15) is 9.59 Å². The number of carbonyl (C=O) groups is 2. The van der Waals surface area contributed by atoms with E-state index in [0.717, 1.165) is 0 Å². The first-order valence-electron chi connectivity index (χ1n) is 5.01. The third-order valence-electron chi connectivity index (χ3n) is 2.31. The first-order chi connectivity index (χ1) is 8.15. The van der Waals surface area contributed by atoms with Crippen LogP contribution >= 0.6 is 23.2 Å². The smallest absolute Gasteiger partial charge is 0.338 e. The Morgan fingerprint density at radius 3 is 2.53 bits per heavy atom. The number of hydrogen-bond acceptors (Lipinski definition) is 3. The number of methoxy groups -OCH3 is 1. The van der Waals surface area contributed by atoms with Crippen LogP contribution in [0.3, 0.4) is 0 Å². The van der Waals surface area contributed by atoms with Crippen molar-refractivity contribution >= 4 is 35.0 Å². The zero-order valence-electron chi connectivity index (χ0n) is 9.33. The van der Waals surface area contributed by atoms with Crippen LogP contribution in [-0.4, -0.2) is 24.7 Å². The average Bonchev–Trinajstić information content (AvgIpc) is 2.37. The Hall–Kier alpha value is -1.06. The fraction of sp³-hybridized carbons (Fsp3) is 0.333. The van der Waals surface area contributed by atoms with Crippen molar-refractivity contribution in [3.63, 3.8) is 0 Å². The molecule has 1 aromatic carbocycles. The van der Waals surface area contributed by atoms with Crippen molar-refractivity contribution in [2.24, 2.45) is 0 Å². The largest absolute Gasteiger partial charge is 0.465 e. The Kier molecular flexibility index (Phi) is 5.45. The number of ketones is 1. The van der Waals surface area contributed by atoms with E-state index in [1.165, 1.54) is 7.11 Å². The molecule has 92 valence electrons. The molecule has 1 aromatic rings. The number of esters is 1. The van der Waals surface area contributed by atoms with Crippen LogP contribution in [0.1, 0.15) is 32.7 Å². The highest BCUT2D eigenvalue weighted by Gasteiger charge is 2.20. The van der Waals surface area contributed by atoms with Crippen LogP contribution in [0.4, 0.5) is 0 Å². The summed E-state index contributed by atoms with van der Waals surface area (Å²) in [6, 6.07) is 4.96. The molecule has 3 nitrogen and oxygen atoms in total. The Bertz CT molecular complexity index is 430. The Morgan fingerprint density at radius 1 is 1.29 bits per heavy atom. The van der Waals surface area contributed by atoms with Gasteiger partial charge in [-0.25, -0.2) is 4.79 Å². The Labute approximate surface area is 110 Å². The number of Topliss-reactive ketones (excluding diaryl/α,β-unsaturated/α-hetero) is 1. The highest BCUT2D eigenvalue weighted by Crippen LogP contribution is 2.19. The Balaban J connectivity index is 3.28. The lowest BCUT2D eigenvalue weighted by molar-refractivity contribution is 0.0596. The second-order valence-electron chi connectivity index (χ2n) is 3.33. The summed E-state index contributed by atoms with van der Waals surface area (Å²) < 4.78 is 4.66. The van der Waals surface area contributed by atoms with E-state index >= 15 is 0 Å². The number of ether oxygens (including phenoxy) is 1. The van der Waals surface area contributed by atoms with Gasteiger partial charge in [-0.3, -0.25) is 4.79 Å². The van der Waals surface area contributed by atoms with Crippen molar-refractivity contribution < 1.29 is 14.3 Å². The maximum absolute atomic E-state index is 11.8. The number of carbonyl (C=O) groups excluding carboxylic acids is 2. The minimum absolute atomic E-state index is 0.145. The summed E-state index contributed by atoms with van der Waals surface area (Å²) in [6.45, 7) is 0. The lowest BCUT2D eigenvalue weighted by atomic mass is 9.98. The summed E-state index contributed by atoms with van der Waals surface area (Å²) in [4.78, 5) is 23.5. The predicted octanol–water partition coefficient (Wildman–Crippen LogP) is 3.02. The van der Waals surface area contributed by atoms with Crippen molar-refractivity contribution in [2.45, 2.75) is 12.3 Å². The molecule has 0 bridgehead atoms. The number of halogens is 2. The van der Waals surface area contributed by atoms with Crippen LogP contribution in [0.5, 0.6) is 0 Å². The zero-order valence-corrected chi connectivity index (χ0v) is 10.8. The second kappa shape index (κ2) is 6.62. The van der Waals surface area contributed by atoms with E-state index in [0.29, 0.717) is 11.1 Å². The summed E-state index contributed by atoms with van der Waals surface area (Å²) in [7, 11) is 1.27. The van der Waals surface area contributed by atoms with Crippen LogP contribution in [-0.2, 0) is 10.6 Å². The minimum Gasteiger partial charge on any atom is -0.465 e. The summed E-state index contributed by atoms with van der Waals surface area (Å²) >= 11 is 11.3. The van der Waals surface area contributed by atoms with E-state index in [2.05, 4.69) is 4.74 Å². The van der Waals surface area contributed by atoms with Crippen molar-refractivity contribution in [1.29, 1.82) is 0 Å². The summed E-state index contributed by atoms with van der Waals surface area (Å²) in [5.41, 5.74) is 1.13. The van der Waals surface area contributed by atoms with Gasteiger partial charge in [0.05, 0.1) is 12.7 Å². The summed E-state index contributed by atoms with van der Waals surface area (Å²) in [5.74, 6) is -0.386. The molecule has 0 radical (unpaired) electrons. The Morgan fingerprint density at radius 2 is 2.00 bits per heavy atom. The molecular formula is C12H12Cl2O3. The maximum atomic E-state index is 11.8. The molecule has 0 aliphatic carbocycles. The monoisotopic (exact) mass is 274 g/mol. The third-order valence-corrected chi connectivity index (χ3v) is 2.78. The van der Waals surface area contributed by atoms with Gasteiger partial charge < -0.3 is 4.74 Å². The van der Waals surface area contributed by atoms with Gasteiger partial charge in [-0.1, -0.05) is 18.2 Å². The standard InChI is InChI=1S/C12H12Cl2O3/c1-17-12(16)11-8(7-14)3-2-4-9(11)10(15)5-6-13/h2-4H,5-7H2,1H3. The lowest BCUT2D eigenvalue weighted by Crippen LogP contribution is -2.13. The average molecular weight is 275 g/mol. The van der Waals surface area contributed by atoms with Gasteiger partial charge in [0.2, 0.25) is 0 Å². The van der Waals surface area contributed by atoms with Gasteiger partial charge in [0, 0.05) is 23.7 Å². The molecule has 0 heterocycles. The molecule has 5 heteroatoms. The van der Waals surface area contributed by atoms with E-state index in [-0.39, 0.29) is 29.5 Å². The zero-order chi connectivity index (χ0) is 12.8. The fourth-order valence-electron chi connectivity index (χ4n) is 1.51. The van der Waals surface area contributed by atoms with E-state index < -0.39 is 5.97 Å². The topological polar surface area (TPSA) is 43.4 Å². The molecule has 0 spiro atoms. The van der Waals surface area contributed by atoms with E-state index in [1.807, 2.05) is 0 Å². The SMILES string of the molecule is COC(=O)c1c(CCl)cccc1C(=O)CCCl. The first-order valence-corrected chi connectivity index (χ1v) is 6.08. The quantitative estimate of drug-likeness (QED) is 0.471. The van der Waals surface area contributed by atoms with Crippen molar-refractivity contribution in [3.8, 4) is 0 Å². The van der Waals surface area contributed by atoms with Crippen molar-refractivity contribution in [1.82, 2.24) is 0 Å². The van der Waals surface area contributed by atoms with Crippen LogP contribution in [0.2, 0.25) is 0 Å². The van der Waals surface area contributed by atoms with Crippen LogP contribution in [0.15, 0.2) is 18.2 Å². The number of benzene rings is 1. The van der Waals surface area contributed by atoms with Gasteiger partial charge in [-0.2, -0.15) is 0 Å². The molecule has 0 amide bonds. The predicted molar refractivity (Wildman–Crippen MR) is 67.0 cm³/mol. The minimum atomic E-state index is -0.556. The molecule has 0 fully saturated rings. The highest BCUT2D eigenvalue weighted by atomic mass is 35.5. The molecule has 0 saturated heterocycles. The van der Waals surface area contributed by atoms with Crippen LogP contribution in [0.25, 0.3) is 0 Å². The van der Waals surface area contributed by atoms with Gasteiger partial charge in [-0.15, -0.1) is 23.2 Å². The number of alkyl halides is 2. The molecule has 0 atom stereocenters. The van der Waals surface area contributed by atoms with Gasteiger partial charge in [-0.05, 0) is 5.56 Å². The molecule has 0 N–H and O–H groups in total. The molecule has 1 rings (SSSR count). The van der Waals surface area contributed by atoms with Gasteiger partial charge in [0.15, 0.2) is 5.78 Å². The van der Waals surface area contributed by atoms with E-state index in [4.69, 9.17) is 23.2 Å². The number of rotatable bonds is 5. The molecule has 0 aliphatic rings. The molecule has 0 unspecified atom stereocenters. The molecule has 0 aromatic heterocycles. The first kappa shape index (κ1) is 14.0. The molecule has 17 heavy (non-hydrogen) atoms. The van der Waals surface area contributed by atoms with E-state index in [1.54, 1.807) is 18.2 Å². The van der Waals surface area contributed by atoms with Crippen LogP contribution in [0, 0.1) is 0 Å². The van der Waals surface area contributed by atoms with Gasteiger partial charge >= 0.3 is 5.97 Å². The van der Waals surface area contributed by atoms with Gasteiger partial charge in [0.25, 0.3) is 0 Å². The van der Waals surface area contributed by atoms with Gasteiger partial charge in [0.1, 0.15) is 0 Å². The molecular weight excluding hydrogens is 263 g/mol. The number of hydrogen-bond donors (Lipinski definition) is 0. The van der Waals surface area contributed by atoms with Crippen molar-refractivity contribution in [3.05, 3.63) is 34.9 Å². The van der Waals surface area contributed by atoms with Crippen molar-refractivity contribution in [2.75, 3.05) is 13.0 Å². The highest BCUT2D eigenvalue weighted by molar-refractivity contribution is 6.20. The molecule has 0 saturated carbocycles. The summed E-state index contributed by atoms with van der Waals surface area (Å²) in [6.07, 6.45) is 0.178. The summed E-state index contributed by atoms with van der Waals surface area (Å²) in [5, 5.41) is 0. The van der Waals surface area contributed by atoms with Crippen LogP contribution < -0.4 is 0 Å². The normalized spacial score (nSPS) is 10.1.